The first-order chi connectivity index (χ1) is 7.72. The van der Waals surface area contributed by atoms with Gasteiger partial charge in [0.05, 0.1) is 0 Å². The second-order valence-electron chi connectivity index (χ2n) is 3.51. The zero-order chi connectivity index (χ0) is 11.8. The van der Waals surface area contributed by atoms with E-state index in [1.54, 1.807) is 11.8 Å². The summed E-state index contributed by atoms with van der Waals surface area (Å²) < 4.78 is 0. The molecule has 0 bridgehead atoms. The molecule has 0 aliphatic heterocycles. The predicted molar refractivity (Wildman–Crippen MR) is 68.6 cm³/mol. The smallest absolute Gasteiger partial charge is 0.216 e. The molecule has 0 fully saturated rings. The lowest BCUT2D eigenvalue weighted by Gasteiger charge is -2.06. The van der Waals surface area contributed by atoms with Gasteiger partial charge in [0.15, 0.2) is 0 Å². The fourth-order valence-electron chi connectivity index (χ4n) is 1.30. The first-order valence-electron chi connectivity index (χ1n) is 5.30. The van der Waals surface area contributed by atoms with E-state index < -0.39 is 0 Å². The number of rotatable bonds is 6. The number of hydrogen-bond acceptors (Lipinski definition) is 3. The maximum atomic E-state index is 10.6. The van der Waals surface area contributed by atoms with Crippen LogP contribution in [-0.4, -0.2) is 25.3 Å². The van der Waals surface area contributed by atoms with Crippen LogP contribution < -0.4 is 10.6 Å². The number of carbonyl (C=O) groups excluding carboxylic acids is 1. The summed E-state index contributed by atoms with van der Waals surface area (Å²) in [6.07, 6.45) is 2.07. The quantitative estimate of drug-likeness (QED) is 0.585. The molecule has 0 radical (unpaired) electrons. The molecule has 4 heteroatoms. The Morgan fingerprint density at radius 2 is 1.94 bits per heavy atom. The molecular formula is C12H18N2OS. The molecule has 1 rings (SSSR count). The van der Waals surface area contributed by atoms with Gasteiger partial charge in [0.2, 0.25) is 5.91 Å². The summed E-state index contributed by atoms with van der Waals surface area (Å²) in [5.74, 6) is 0.0196. The molecule has 0 saturated heterocycles. The van der Waals surface area contributed by atoms with Crippen molar-refractivity contribution in [2.75, 3.05) is 19.3 Å². The average molecular weight is 238 g/mol. The molecule has 0 aromatic heterocycles. The molecule has 0 spiro atoms. The maximum absolute atomic E-state index is 10.6. The Labute approximate surface area is 101 Å². The van der Waals surface area contributed by atoms with Gasteiger partial charge in [-0.1, -0.05) is 12.1 Å². The van der Waals surface area contributed by atoms with Crippen molar-refractivity contribution in [3.63, 3.8) is 0 Å². The molecule has 3 nitrogen and oxygen atoms in total. The van der Waals surface area contributed by atoms with E-state index in [1.165, 1.54) is 17.4 Å². The van der Waals surface area contributed by atoms with Gasteiger partial charge in [0.25, 0.3) is 0 Å². The summed E-state index contributed by atoms with van der Waals surface area (Å²) in [4.78, 5) is 11.9. The van der Waals surface area contributed by atoms with Crippen LogP contribution in [0.5, 0.6) is 0 Å². The summed E-state index contributed by atoms with van der Waals surface area (Å²) in [5, 5.41) is 6.02. The van der Waals surface area contributed by atoms with Gasteiger partial charge in [-0.2, -0.15) is 0 Å². The summed E-state index contributed by atoms with van der Waals surface area (Å²) in [5.41, 5.74) is 1.26. The zero-order valence-electron chi connectivity index (χ0n) is 9.75. The van der Waals surface area contributed by atoms with Gasteiger partial charge >= 0.3 is 0 Å². The Kier molecular flexibility index (Phi) is 5.96. The van der Waals surface area contributed by atoms with Crippen LogP contribution in [0.2, 0.25) is 0 Å². The van der Waals surface area contributed by atoms with Gasteiger partial charge in [-0.05, 0) is 24.0 Å². The second kappa shape index (κ2) is 7.30. The van der Waals surface area contributed by atoms with Gasteiger partial charge in [0.1, 0.15) is 0 Å². The molecule has 88 valence electrons. The van der Waals surface area contributed by atoms with Crippen molar-refractivity contribution in [2.45, 2.75) is 18.4 Å². The van der Waals surface area contributed by atoms with Crippen molar-refractivity contribution in [1.29, 1.82) is 0 Å². The highest BCUT2D eigenvalue weighted by Crippen LogP contribution is 2.14. The first kappa shape index (κ1) is 13.1. The Balaban J connectivity index is 2.19. The molecule has 1 aromatic rings. The van der Waals surface area contributed by atoms with Crippen molar-refractivity contribution in [1.82, 2.24) is 10.6 Å². The third kappa shape index (κ3) is 5.19. The minimum atomic E-state index is 0.0196. The summed E-state index contributed by atoms with van der Waals surface area (Å²) in [6.45, 7) is 3.84. The van der Waals surface area contributed by atoms with Crippen LogP contribution in [0.4, 0.5) is 0 Å². The molecule has 0 heterocycles. The van der Waals surface area contributed by atoms with Crippen LogP contribution in [0.25, 0.3) is 0 Å². The van der Waals surface area contributed by atoms with Crippen molar-refractivity contribution in [3.05, 3.63) is 29.8 Å². The fourth-order valence-corrected chi connectivity index (χ4v) is 1.71. The lowest BCUT2D eigenvalue weighted by molar-refractivity contribution is -0.118. The first-order valence-corrected chi connectivity index (χ1v) is 6.53. The standard InChI is InChI=1S/C12H18N2OS/c1-10(15)14-8-7-13-9-11-3-5-12(16-2)6-4-11/h3-6,13H,7-9H2,1-2H3,(H,14,15). The van der Waals surface area contributed by atoms with Gasteiger partial charge in [0, 0.05) is 31.5 Å². The largest absolute Gasteiger partial charge is 0.355 e. The van der Waals surface area contributed by atoms with Crippen LogP contribution in [0, 0.1) is 0 Å². The van der Waals surface area contributed by atoms with E-state index in [0.717, 1.165) is 13.1 Å². The Morgan fingerprint density at radius 3 is 2.50 bits per heavy atom. The molecule has 0 saturated carbocycles. The van der Waals surface area contributed by atoms with E-state index in [9.17, 15) is 4.79 Å². The highest BCUT2D eigenvalue weighted by molar-refractivity contribution is 7.98. The highest BCUT2D eigenvalue weighted by atomic mass is 32.2. The number of carbonyl (C=O) groups is 1. The molecule has 0 atom stereocenters. The molecule has 0 aliphatic carbocycles. The van der Waals surface area contributed by atoms with E-state index in [0.29, 0.717) is 6.54 Å². The highest BCUT2D eigenvalue weighted by Gasteiger charge is 1.94. The van der Waals surface area contributed by atoms with E-state index in [2.05, 4.69) is 41.2 Å². The molecule has 16 heavy (non-hydrogen) atoms. The van der Waals surface area contributed by atoms with Crippen LogP contribution in [0.1, 0.15) is 12.5 Å². The SMILES string of the molecule is CSc1ccc(CNCCNC(C)=O)cc1. The number of benzene rings is 1. The molecule has 2 N–H and O–H groups in total. The second-order valence-corrected chi connectivity index (χ2v) is 4.39. The minimum Gasteiger partial charge on any atom is -0.355 e. The maximum Gasteiger partial charge on any atom is 0.216 e. The van der Waals surface area contributed by atoms with Crippen LogP contribution >= 0.6 is 11.8 Å². The van der Waals surface area contributed by atoms with Crippen molar-refractivity contribution >= 4 is 17.7 Å². The Hall–Kier alpha value is -1.00. The van der Waals surface area contributed by atoms with Crippen LogP contribution in [-0.2, 0) is 11.3 Å². The summed E-state index contributed by atoms with van der Waals surface area (Å²) >= 11 is 1.74. The summed E-state index contributed by atoms with van der Waals surface area (Å²) in [6, 6.07) is 8.49. The molecule has 0 unspecified atom stereocenters. The van der Waals surface area contributed by atoms with Gasteiger partial charge in [-0.25, -0.2) is 0 Å². The monoisotopic (exact) mass is 238 g/mol. The average Bonchev–Trinajstić information content (AvgIpc) is 2.29. The molecule has 1 amide bonds. The molecule has 1 aromatic carbocycles. The van der Waals surface area contributed by atoms with E-state index in [1.807, 2.05) is 0 Å². The molecular weight excluding hydrogens is 220 g/mol. The van der Waals surface area contributed by atoms with Crippen LogP contribution in [0.15, 0.2) is 29.2 Å². The number of nitrogens with one attached hydrogen (secondary N) is 2. The minimum absolute atomic E-state index is 0.0196. The molecule has 0 aliphatic rings. The number of hydrogen-bond donors (Lipinski definition) is 2. The fraction of sp³-hybridized carbons (Fsp3) is 0.417. The Bertz CT molecular complexity index is 324. The van der Waals surface area contributed by atoms with Gasteiger partial charge < -0.3 is 10.6 Å². The van der Waals surface area contributed by atoms with Gasteiger partial charge in [-0.15, -0.1) is 11.8 Å². The van der Waals surface area contributed by atoms with Crippen molar-refractivity contribution < 1.29 is 4.79 Å². The van der Waals surface area contributed by atoms with Crippen LogP contribution in [0.3, 0.4) is 0 Å². The zero-order valence-corrected chi connectivity index (χ0v) is 10.6. The Morgan fingerprint density at radius 1 is 1.25 bits per heavy atom. The van der Waals surface area contributed by atoms with E-state index in [-0.39, 0.29) is 5.91 Å². The normalized spacial score (nSPS) is 10.1. The van der Waals surface area contributed by atoms with E-state index >= 15 is 0 Å². The third-order valence-corrected chi connectivity index (χ3v) is 2.91. The third-order valence-electron chi connectivity index (χ3n) is 2.16. The van der Waals surface area contributed by atoms with E-state index in [4.69, 9.17) is 0 Å². The lowest BCUT2D eigenvalue weighted by Crippen LogP contribution is -2.29. The number of thioether (sulfide) groups is 1. The van der Waals surface area contributed by atoms with Crippen molar-refractivity contribution in [3.8, 4) is 0 Å². The lowest BCUT2D eigenvalue weighted by atomic mass is 10.2. The van der Waals surface area contributed by atoms with Gasteiger partial charge in [-0.3, -0.25) is 4.79 Å². The topological polar surface area (TPSA) is 41.1 Å². The number of amides is 1. The summed E-state index contributed by atoms with van der Waals surface area (Å²) in [7, 11) is 0. The van der Waals surface area contributed by atoms with Crippen molar-refractivity contribution in [2.24, 2.45) is 0 Å². The predicted octanol–water partition coefficient (Wildman–Crippen LogP) is 1.63.